The molecule has 1 fully saturated rings. The molecule has 29 heavy (non-hydrogen) atoms. The number of nitrogens with one attached hydrogen (secondary N) is 1. The minimum atomic E-state index is -0.989. The number of rotatable bonds is 4. The highest BCUT2D eigenvalue weighted by Gasteiger charge is 2.36. The second-order valence-electron chi connectivity index (χ2n) is 8.03. The van der Waals surface area contributed by atoms with Gasteiger partial charge in [-0.3, -0.25) is 14.5 Å². The summed E-state index contributed by atoms with van der Waals surface area (Å²) in [6, 6.07) is 11.1. The topological polar surface area (TPSA) is 69.6 Å². The molecule has 0 radical (unpaired) electrons. The van der Waals surface area contributed by atoms with Crippen molar-refractivity contribution >= 4 is 17.4 Å². The number of amides is 1. The van der Waals surface area contributed by atoms with Crippen LogP contribution in [0.1, 0.15) is 47.7 Å². The molecule has 0 aromatic heterocycles. The summed E-state index contributed by atoms with van der Waals surface area (Å²) in [5.41, 5.74) is 2.15. The quantitative estimate of drug-likeness (QED) is 0.779. The van der Waals surface area contributed by atoms with E-state index in [0.29, 0.717) is 49.9 Å². The molecule has 1 atom stereocenters. The first-order valence-electron chi connectivity index (χ1n) is 10.1. The number of carbonyl (C=O) groups excluding carboxylic acids is 2. The van der Waals surface area contributed by atoms with Crippen LogP contribution in [0.5, 0.6) is 0 Å². The molecule has 6 heteroatoms. The normalized spacial score (nSPS) is 19.9. The fourth-order valence-corrected chi connectivity index (χ4v) is 4.27. The molecule has 2 aromatic rings. The van der Waals surface area contributed by atoms with Crippen LogP contribution in [0.4, 0.5) is 10.1 Å². The largest absolute Gasteiger partial charge is 0.385 e. The molecule has 1 unspecified atom stereocenters. The standard InChI is InChI=1S/C23H25FN2O3/c1-15(22(28)17-2-8-20-16(14-17)3-9-21(27)25-20)26-12-10-23(29,11-13-26)18-4-6-19(24)7-5-18/h2,4-8,14-15,29H,3,9-13H2,1H3,(H,25,27). The monoisotopic (exact) mass is 396 g/mol. The van der Waals surface area contributed by atoms with Gasteiger partial charge in [-0.2, -0.15) is 0 Å². The van der Waals surface area contributed by atoms with Gasteiger partial charge in [0, 0.05) is 30.8 Å². The van der Waals surface area contributed by atoms with E-state index in [2.05, 4.69) is 10.2 Å². The molecule has 0 saturated carbocycles. The van der Waals surface area contributed by atoms with Crippen LogP contribution in [0.3, 0.4) is 0 Å². The van der Waals surface area contributed by atoms with E-state index in [9.17, 15) is 19.1 Å². The van der Waals surface area contributed by atoms with Gasteiger partial charge in [0.05, 0.1) is 11.6 Å². The Morgan fingerprint density at radius 1 is 1.14 bits per heavy atom. The van der Waals surface area contributed by atoms with Gasteiger partial charge in [0.15, 0.2) is 5.78 Å². The lowest BCUT2D eigenvalue weighted by molar-refractivity contribution is -0.116. The summed E-state index contributed by atoms with van der Waals surface area (Å²) in [7, 11) is 0. The van der Waals surface area contributed by atoms with Crippen LogP contribution in [0.25, 0.3) is 0 Å². The van der Waals surface area contributed by atoms with Gasteiger partial charge in [0.25, 0.3) is 0 Å². The Morgan fingerprint density at radius 2 is 1.83 bits per heavy atom. The van der Waals surface area contributed by atoms with Gasteiger partial charge in [-0.05, 0) is 67.6 Å². The average Bonchev–Trinajstić information content (AvgIpc) is 2.73. The highest BCUT2D eigenvalue weighted by atomic mass is 19.1. The molecule has 1 saturated heterocycles. The first-order valence-corrected chi connectivity index (χ1v) is 10.1. The maximum absolute atomic E-state index is 13.2. The van der Waals surface area contributed by atoms with Gasteiger partial charge in [-0.1, -0.05) is 12.1 Å². The SMILES string of the molecule is CC(C(=O)c1ccc2c(c1)CCC(=O)N2)N1CCC(O)(c2ccc(F)cc2)CC1. The highest BCUT2D eigenvalue weighted by Crippen LogP contribution is 2.34. The highest BCUT2D eigenvalue weighted by molar-refractivity contribution is 6.01. The molecule has 2 aliphatic rings. The van der Waals surface area contributed by atoms with E-state index in [4.69, 9.17) is 0 Å². The fourth-order valence-electron chi connectivity index (χ4n) is 4.27. The summed E-state index contributed by atoms with van der Waals surface area (Å²) in [5.74, 6) is -0.276. The van der Waals surface area contributed by atoms with Gasteiger partial charge in [0.1, 0.15) is 5.82 Å². The third-order valence-corrected chi connectivity index (χ3v) is 6.22. The van der Waals surface area contributed by atoms with Crippen LogP contribution in [0.2, 0.25) is 0 Å². The van der Waals surface area contributed by atoms with E-state index in [0.717, 1.165) is 11.3 Å². The minimum absolute atomic E-state index is 0.00639. The molecule has 0 spiro atoms. The Morgan fingerprint density at radius 3 is 2.52 bits per heavy atom. The number of ketones is 1. The van der Waals surface area contributed by atoms with Crippen molar-refractivity contribution < 1.29 is 19.1 Å². The Hall–Kier alpha value is -2.57. The molecule has 1 amide bonds. The number of aryl methyl sites for hydroxylation is 1. The second-order valence-corrected chi connectivity index (χ2v) is 8.03. The number of Topliss-reactive ketones (excluding diaryl/α,β-unsaturated/α-hetero) is 1. The number of hydrogen-bond donors (Lipinski definition) is 2. The molecule has 2 aromatic carbocycles. The zero-order chi connectivity index (χ0) is 20.6. The molecular weight excluding hydrogens is 371 g/mol. The Kier molecular flexibility index (Phi) is 5.23. The van der Waals surface area contributed by atoms with Gasteiger partial charge >= 0.3 is 0 Å². The minimum Gasteiger partial charge on any atom is -0.385 e. The molecular formula is C23H25FN2O3. The summed E-state index contributed by atoms with van der Waals surface area (Å²) in [4.78, 5) is 26.6. The number of piperidine rings is 1. The first kappa shape index (κ1) is 19.7. The molecule has 152 valence electrons. The third kappa shape index (κ3) is 3.95. The van der Waals surface area contributed by atoms with Crippen LogP contribution < -0.4 is 5.32 Å². The zero-order valence-electron chi connectivity index (χ0n) is 16.5. The maximum Gasteiger partial charge on any atom is 0.224 e. The number of halogens is 1. The van der Waals surface area contributed by atoms with Crippen molar-refractivity contribution in [2.45, 2.75) is 44.2 Å². The van der Waals surface area contributed by atoms with Crippen molar-refractivity contribution in [3.8, 4) is 0 Å². The van der Waals surface area contributed by atoms with Crippen LogP contribution >= 0.6 is 0 Å². The Bertz CT molecular complexity index is 934. The lowest BCUT2D eigenvalue weighted by Crippen LogP contribution is -2.48. The van der Waals surface area contributed by atoms with E-state index in [1.807, 2.05) is 13.0 Å². The molecule has 0 bridgehead atoms. The van der Waals surface area contributed by atoms with E-state index in [1.54, 1.807) is 24.3 Å². The number of carbonyl (C=O) groups is 2. The van der Waals surface area contributed by atoms with Crippen LogP contribution in [0.15, 0.2) is 42.5 Å². The van der Waals surface area contributed by atoms with Crippen LogP contribution in [-0.2, 0) is 16.8 Å². The van der Waals surface area contributed by atoms with Crippen molar-refractivity contribution in [3.63, 3.8) is 0 Å². The number of benzene rings is 2. The summed E-state index contributed by atoms with van der Waals surface area (Å²) in [6.45, 7) is 3.06. The van der Waals surface area contributed by atoms with Gasteiger partial charge < -0.3 is 10.4 Å². The third-order valence-electron chi connectivity index (χ3n) is 6.22. The van der Waals surface area contributed by atoms with E-state index >= 15 is 0 Å². The summed E-state index contributed by atoms with van der Waals surface area (Å²) in [5, 5.41) is 13.8. The Balaban J connectivity index is 1.43. The first-order chi connectivity index (χ1) is 13.9. The molecule has 2 N–H and O–H groups in total. The van der Waals surface area contributed by atoms with Gasteiger partial charge in [0.2, 0.25) is 5.91 Å². The molecule has 4 rings (SSSR count). The van der Waals surface area contributed by atoms with Crippen LogP contribution in [0, 0.1) is 5.82 Å². The molecule has 5 nitrogen and oxygen atoms in total. The van der Waals surface area contributed by atoms with Crippen molar-refractivity contribution in [2.24, 2.45) is 0 Å². The van der Waals surface area contributed by atoms with Crippen molar-refractivity contribution in [1.82, 2.24) is 4.90 Å². The summed E-state index contributed by atoms with van der Waals surface area (Å²) >= 11 is 0. The Labute approximate surface area is 169 Å². The predicted octanol–water partition coefficient (Wildman–Crippen LogP) is 3.27. The predicted molar refractivity (Wildman–Crippen MR) is 108 cm³/mol. The number of fused-ring (bicyclic) bond motifs is 1. The molecule has 2 aliphatic heterocycles. The molecule has 0 aliphatic carbocycles. The zero-order valence-corrected chi connectivity index (χ0v) is 16.5. The van der Waals surface area contributed by atoms with Crippen molar-refractivity contribution in [1.29, 1.82) is 0 Å². The summed E-state index contributed by atoms with van der Waals surface area (Å²) in [6.07, 6.45) is 2.07. The van der Waals surface area contributed by atoms with Gasteiger partial charge in [-0.15, -0.1) is 0 Å². The number of nitrogens with zero attached hydrogens (tertiary/aromatic N) is 1. The maximum atomic E-state index is 13.2. The fraction of sp³-hybridized carbons (Fsp3) is 0.391. The van der Waals surface area contributed by atoms with E-state index in [1.165, 1.54) is 12.1 Å². The number of aliphatic hydroxyl groups is 1. The van der Waals surface area contributed by atoms with Gasteiger partial charge in [-0.25, -0.2) is 4.39 Å². The number of hydrogen-bond acceptors (Lipinski definition) is 4. The van der Waals surface area contributed by atoms with E-state index in [-0.39, 0.29) is 23.5 Å². The van der Waals surface area contributed by atoms with Crippen molar-refractivity contribution in [2.75, 3.05) is 18.4 Å². The average molecular weight is 396 g/mol. The lowest BCUT2D eigenvalue weighted by atomic mass is 9.83. The number of anilines is 1. The lowest BCUT2D eigenvalue weighted by Gasteiger charge is -2.40. The van der Waals surface area contributed by atoms with Crippen molar-refractivity contribution in [3.05, 3.63) is 65.0 Å². The second kappa shape index (κ2) is 7.69. The smallest absolute Gasteiger partial charge is 0.224 e. The molecule has 2 heterocycles. The number of likely N-dealkylation sites (tertiary alicyclic amines) is 1. The summed E-state index contributed by atoms with van der Waals surface area (Å²) < 4.78 is 13.2. The van der Waals surface area contributed by atoms with Crippen LogP contribution in [-0.4, -0.2) is 40.8 Å². The van der Waals surface area contributed by atoms with E-state index < -0.39 is 5.60 Å².